The first kappa shape index (κ1) is 13.6. The van der Waals surface area contributed by atoms with Gasteiger partial charge in [0, 0.05) is 27.2 Å². The predicted octanol–water partition coefficient (Wildman–Crippen LogP) is -0.354. The Hall–Kier alpha value is -1.79. The number of nitrogens with one attached hydrogen (secondary N) is 3. The van der Waals surface area contributed by atoms with E-state index in [1.807, 2.05) is 0 Å². The molecule has 2 rings (SSSR count). The minimum Gasteiger partial charge on any atom is -0.359 e. The van der Waals surface area contributed by atoms with Crippen molar-refractivity contribution in [1.82, 2.24) is 20.9 Å². The Morgan fingerprint density at radius 1 is 1.42 bits per heavy atom. The lowest BCUT2D eigenvalue weighted by Gasteiger charge is -2.20. The zero-order chi connectivity index (χ0) is 13.9. The molecule has 0 aromatic heterocycles. The van der Waals surface area contributed by atoms with E-state index in [0.717, 1.165) is 25.7 Å². The van der Waals surface area contributed by atoms with E-state index in [4.69, 9.17) is 0 Å². The van der Waals surface area contributed by atoms with Gasteiger partial charge in [0.15, 0.2) is 5.96 Å². The van der Waals surface area contributed by atoms with Crippen LogP contribution in [0.15, 0.2) is 4.99 Å². The van der Waals surface area contributed by atoms with Gasteiger partial charge in [0.05, 0.1) is 0 Å². The SMILES string of the molecule is CN=C(NC)NCCN1C(=O)NC2(CCCC2)C1=O. The van der Waals surface area contributed by atoms with Crippen LogP contribution in [0.25, 0.3) is 0 Å². The average molecular weight is 267 g/mol. The van der Waals surface area contributed by atoms with Crippen LogP contribution in [0.3, 0.4) is 0 Å². The molecule has 0 unspecified atom stereocenters. The number of aliphatic imine (C=N–C) groups is 1. The Kier molecular flexibility index (Phi) is 3.92. The third-order valence-corrected chi connectivity index (χ3v) is 3.79. The lowest BCUT2D eigenvalue weighted by atomic mass is 9.98. The third-order valence-electron chi connectivity index (χ3n) is 3.79. The number of carbonyl (C=O) groups excluding carboxylic acids is 2. The van der Waals surface area contributed by atoms with E-state index in [-0.39, 0.29) is 11.9 Å². The lowest BCUT2D eigenvalue weighted by Crippen LogP contribution is -2.45. The molecular weight excluding hydrogens is 246 g/mol. The molecule has 1 spiro atoms. The zero-order valence-electron chi connectivity index (χ0n) is 11.5. The number of urea groups is 1. The average Bonchev–Trinajstić information content (AvgIpc) is 2.95. The number of rotatable bonds is 3. The Morgan fingerprint density at radius 3 is 2.68 bits per heavy atom. The summed E-state index contributed by atoms with van der Waals surface area (Å²) in [6.07, 6.45) is 3.54. The molecule has 1 aliphatic heterocycles. The van der Waals surface area contributed by atoms with Gasteiger partial charge in [0.25, 0.3) is 5.91 Å². The highest BCUT2D eigenvalue weighted by Gasteiger charge is 2.51. The number of amides is 3. The number of nitrogens with zero attached hydrogens (tertiary/aromatic N) is 2. The predicted molar refractivity (Wildman–Crippen MR) is 71.9 cm³/mol. The highest BCUT2D eigenvalue weighted by molar-refractivity contribution is 6.07. The van der Waals surface area contributed by atoms with E-state index in [2.05, 4.69) is 20.9 Å². The third kappa shape index (κ3) is 2.50. The molecular formula is C12H21N5O2. The second kappa shape index (κ2) is 5.46. The normalized spacial score (nSPS) is 22.0. The van der Waals surface area contributed by atoms with Crippen molar-refractivity contribution in [3.05, 3.63) is 0 Å². The van der Waals surface area contributed by atoms with Gasteiger partial charge in [0.2, 0.25) is 0 Å². The van der Waals surface area contributed by atoms with Crippen LogP contribution in [0.4, 0.5) is 4.79 Å². The standard InChI is InChI=1S/C12H21N5O2/c1-13-10(14-2)15-7-8-17-9(18)12(16-11(17)19)5-3-4-6-12/h3-8H2,1-2H3,(H,16,19)(H2,13,14,15). The Bertz CT molecular complexity index is 401. The van der Waals surface area contributed by atoms with Gasteiger partial charge in [-0.2, -0.15) is 0 Å². The fourth-order valence-electron chi connectivity index (χ4n) is 2.76. The maximum absolute atomic E-state index is 12.3. The van der Waals surface area contributed by atoms with Crippen LogP contribution >= 0.6 is 0 Å². The molecule has 2 fully saturated rings. The molecule has 1 heterocycles. The number of guanidine groups is 1. The summed E-state index contributed by atoms with van der Waals surface area (Å²) in [5, 5.41) is 8.77. The molecule has 0 aromatic rings. The highest BCUT2D eigenvalue weighted by Crippen LogP contribution is 2.34. The molecule has 1 saturated heterocycles. The van der Waals surface area contributed by atoms with Crippen LogP contribution < -0.4 is 16.0 Å². The van der Waals surface area contributed by atoms with Gasteiger partial charge in [-0.25, -0.2) is 4.79 Å². The van der Waals surface area contributed by atoms with Crippen molar-refractivity contribution in [3.8, 4) is 0 Å². The molecule has 3 amide bonds. The summed E-state index contributed by atoms with van der Waals surface area (Å²) >= 11 is 0. The van der Waals surface area contributed by atoms with Gasteiger partial charge < -0.3 is 16.0 Å². The summed E-state index contributed by atoms with van der Waals surface area (Å²) in [5.74, 6) is 0.568. The molecule has 7 nitrogen and oxygen atoms in total. The van der Waals surface area contributed by atoms with Crippen molar-refractivity contribution in [2.75, 3.05) is 27.2 Å². The highest BCUT2D eigenvalue weighted by atomic mass is 16.2. The molecule has 0 radical (unpaired) electrons. The van der Waals surface area contributed by atoms with Crippen LogP contribution in [0.5, 0.6) is 0 Å². The number of carbonyl (C=O) groups is 2. The molecule has 1 aliphatic carbocycles. The number of hydrogen-bond donors (Lipinski definition) is 3. The molecule has 19 heavy (non-hydrogen) atoms. The van der Waals surface area contributed by atoms with Gasteiger partial charge in [0.1, 0.15) is 5.54 Å². The van der Waals surface area contributed by atoms with Crippen molar-refractivity contribution in [1.29, 1.82) is 0 Å². The summed E-state index contributed by atoms with van der Waals surface area (Å²) in [6.45, 7) is 0.843. The second-order valence-electron chi connectivity index (χ2n) is 4.93. The lowest BCUT2D eigenvalue weighted by molar-refractivity contribution is -0.131. The van der Waals surface area contributed by atoms with Crippen molar-refractivity contribution in [2.24, 2.45) is 4.99 Å². The molecule has 0 bridgehead atoms. The first-order chi connectivity index (χ1) is 9.13. The van der Waals surface area contributed by atoms with Gasteiger partial charge in [-0.3, -0.25) is 14.7 Å². The maximum atomic E-state index is 12.3. The minimum atomic E-state index is -0.609. The van der Waals surface area contributed by atoms with Gasteiger partial charge in [-0.1, -0.05) is 12.8 Å². The van der Waals surface area contributed by atoms with Crippen LogP contribution in [-0.4, -0.2) is 55.5 Å². The van der Waals surface area contributed by atoms with Crippen molar-refractivity contribution >= 4 is 17.9 Å². The minimum absolute atomic E-state index is 0.0729. The Morgan fingerprint density at radius 2 is 2.11 bits per heavy atom. The maximum Gasteiger partial charge on any atom is 0.325 e. The Balaban J connectivity index is 1.90. The molecule has 7 heteroatoms. The monoisotopic (exact) mass is 267 g/mol. The van der Waals surface area contributed by atoms with Crippen LogP contribution in [0, 0.1) is 0 Å². The number of hydrogen-bond acceptors (Lipinski definition) is 3. The van der Waals surface area contributed by atoms with E-state index in [9.17, 15) is 9.59 Å². The summed E-state index contributed by atoms with van der Waals surface area (Å²) in [4.78, 5) is 29.5. The molecule has 106 valence electrons. The zero-order valence-corrected chi connectivity index (χ0v) is 11.5. The Labute approximate surface area is 112 Å². The topological polar surface area (TPSA) is 85.8 Å². The second-order valence-corrected chi connectivity index (χ2v) is 4.93. The summed E-state index contributed by atoms with van der Waals surface area (Å²) in [5.41, 5.74) is -0.609. The van der Waals surface area contributed by atoms with E-state index < -0.39 is 5.54 Å². The molecule has 0 aromatic carbocycles. The van der Waals surface area contributed by atoms with Gasteiger partial charge in [-0.05, 0) is 12.8 Å². The van der Waals surface area contributed by atoms with E-state index in [0.29, 0.717) is 19.0 Å². The van der Waals surface area contributed by atoms with Crippen LogP contribution in [-0.2, 0) is 4.79 Å². The van der Waals surface area contributed by atoms with Gasteiger partial charge >= 0.3 is 6.03 Å². The van der Waals surface area contributed by atoms with Gasteiger partial charge in [-0.15, -0.1) is 0 Å². The first-order valence-corrected chi connectivity index (χ1v) is 6.65. The van der Waals surface area contributed by atoms with Crippen LogP contribution in [0.2, 0.25) is 0 Å². The summed E-state index contributed by atoms with van der Waals surface area (Å²) < 4.78 is 0. The number of imide groups is 1. The smallest absolute Gasteiger partial charge is 0.325 e. The van der Waals surface area contributed by atoms with Crippen LogP contribution in [0.1, 0.15) is 25.7 Å². The van der Waals surface area contributed by atoms with E-state index >= 15 is 0 Å². The summed E-state index contributed by atoms with van der Waals surface area (Å²) in [7, 11) is 3.43. The molecule has 2 aliphatic rings. The largest absolute Gasteiger partial charge is 0.359 e. The molecule has 1 saturated carbocycles. The van der Waals surface area contributed by atoms with E-state index in [1.54, 1.807) is 14.1 Å². The molecule has 3 N–H and O–H groups in total. The fourth-order valence-corrected chi connectivity index (χ4v) is 2.76. The first-order valence-electron chi connectivity index (χ1n) is 6.65. The van der Waals surface area contributed by atoms with Crippen molar-refractivity contribution < 1.29 is 9.59 Å². The van der Waals surface area contributed by atoms with E-state index in [1.165, 1.54) is 4.90 Å². The quantitative estimate of drug-likeness (QED) is 0.370. The van der Waals surface area contributed by atoms with Crippen molar-refractivity contribution in [2.45, 2.75) is 31.2 Å². The molecule has 0 atom stereocenters. The van der Waals surface area contributed by atoms with Crippen molar-refractivity contribution in [3.63, 3.8) is 0 Å². The fraction of sp³-hybridized carbons (Fsp3) is 0.750. The summed E-state index contributed by atoms with van der Waals surface area (Å²) in [6, 6.07) is -0.270.